The molecule has 2 aromatic rings. The molecule has 0 aromatic heterocycles. The summed E-state index contributed by atoms with van der Waals surface area (Å²) in [6.45, 7) is -2.20. The van der Waals surface area contributed by atoms with Crippen LogP contribution >= 0.6 is 58.0 Å². The van der Waals surface area contributed by atoms with Crippen LogP contribution in [0.4, 0.5) is 37.7 Å². The standard InChI is InChI=1S/C22H15Cl5F6N2O2/c1-19(8-28,21(29,30)22(31,32)33)18(37)35-14-7-12(2-3-13(14)25)34-17(36)16-15(20(16,26)27)9-4-10(23)6-11(24)5-9/h2-7,15-16H,8H2,1H3,(H,34,36)(H,35,37). The number of benzene rings is 2. The van der Waals surface area contributed by atoms with Crippen molar-refractivity contribution in [3.8, 4) is 0 Å². The highest BCUT2D eigenvalue weighted by atomic mass is 35.5. The second-order valence-corrected chi connectivity index (χ2v) is 11.2. The average Bonchev–Trinajstić information content (AvgIpc) is 3.35. The zero-order valence-electron chi connectivity index (χ0n) is 18.3. The van der Waals surface area contributed by atoms with E-state index in [-0.39, 0.29) is 27.7 Å². The van der Waals surface area contributed by atoms with Crippen molar-refractivity contribution in [2.24, 2.45) is 11.3 Å². The Bertz CT molecular complexity index is 1220. The molecule has 0 spiro atoms. The van der Waals surface area contributed by atoms with Gasteiger partial charge in [0.05, 0.1) is 16.6 Å². The number of amides is 2. The Morgan fingerprint density at radius 1 is 0.946 bits per heavy atom. The second kappa shape index (κ2) is 10.2. The molecule has 3 rings (SSSR count). The third-order valence-corrected chi connectivity index (χ3v) is 7.59. The maximum Gasteiger partial charge on any atom is 0.454 e. The fraction of sp³-hybridized carbons (Fsp3) is 0.364. The Morgan fingerprint density at radius 3 is 2.03 bits per heavy atom. The molecule has 2 N–H and O–H groups in total. The first-order valence-electron chi connectivity index (χ1n) is 10.1. The fourth-order valence-electron chi connectivity index (χ4n) is 3.60. The van der Waals surface area contributed by atoms with E-state index in [2.05, 4.69) is 5.32 Å². The summed E-state index contributed by atoms with van der Waals surface area (Å²) in [5, 5.41) is 4.51. The van der Waals surface area contributed by atoms with Crippen molar-refractivity contribution >= 4 is 81.2 Å². The zero-order valence-corrected chi connectivity index (χ0v) is 22.1. The van der Waals surface area contributed by atoms with Crippen LogP contribution in [0.15, 0.2) is 36.4 Å². The molecule has 4 nitrogen and oxygen atoms in total. The molecular formula is C22H15Cl5F6N2O2. The van der Waals surface area contributed by atoms with Gasteiger partial charge in [-0.2, -0.15) is 22.0 Å². The number of carbonyl (C=O) groups is 2. The first kappa shape index (κ1) is 30.0. The van der Waals surface area contributed by atoms with E-state index in [0.717, 1.165) is 12.1 Å². The van der Waals surface area contributed by atoms with Crippen molar-refractivity contribution in [1.82, 2.24) is 0 Å². The number of nitrogens with one attached hydrogen (secondary N) is 2. The summed E-state index contributed by atoms with van der Waals surface area (Å²) in [5.74, 6) is -10.1. The van der Waals surface area contributed by atoms with Gasteiger partial charge in [-0.25, -0.2) is 4.39 Å². The lowest BCUT2D eigenvalue weighted by Crippen LogP contribution is -2.57. The molecule has 2 amide bonds. The molecule has 15 heteroatoms. The Labute approximate surface area is 231 Å². The van der Waals surface area contributed by atoms with Crippen molar-refractivity contribution in [2.75, 3.05) is 17.3 Å². The van der Waals surface area contributed by atoms with Gasteiger partial charge in [0.1, 0.15) is 16.4 Å². The number of halogens is 11. The second-order valence-electron chi connectivity index (χ2n) is 8.51. The van der Waals surface area contributed by atoms with Gasteiger partial charge in [-0.05, 0) is 48.9 Å². The molecule has 0 saturated heterocycles. The van der Waals surface area contributed by atoms with Gasteiger partial charge in [0.25, 0.3) is 0 Å². The molecular weight excluding hydrogens is 616 g/mol. The summed E-state index contributed by atoms with van der Waals surface area (Å²) < 4.78 is 78.2. The smallest absolute Gasteiger partial charge is 0.326 e. The normalized spacial score (nSPS) is 20.6. The number of anilines is 2. The van der Waals surface area contributed by atoms with Crippen molar-refractivity contribution in [3.63, 3.8) is 0 Å². The molecule has 1 aliphatic carbocycles. The van der Waals surface area contributed by atoms with Gasteiger partial charge < -0.3 is 10.6 Å². The minimum absolute atomic E-state index is 0.0480. The topological polar surface area (TPSA) is 58.2 Å². The maximum absolute atomic E-state index is 13.9. The van der Waals surface area contributed by atoms with E-state index in [1.54, 1.807) is 5.32 Å². The van der Waals surface area contributed by atoms with Gasteiger partial charge in [-0.3, -0.25) is 9.59 Å². The predicted octanol–water partition coefficient (Wildman–Crippen LogP) is 8.28. The third-order valence-electron chi connectivity index (χ3n) is 5.88. The van der Waals surface area contributed by atoms with Crippen molar-refractivity contribution in [3.05, 3.63) is 57.0 Å². The highest BCUT2D eigenvalue weighted by Gasteiger charge is 2.71. The van der Waals surface area contributed by atoms with Crippen LogP contribution in [0.25, 0.3) is 0 Å². The zero-order chi connectivity index (χ0) is 28.1. The highest BCUT2D eigenvalue weighted by Crippen LogP contribution is 2.65. The molecule has 2 aromatic carbocycles. The molecule has 1 aliphatic rings. The van der Waals surface area contributed by atoms with Crippen LogP contribution < -0.4 is 10.6 Å². The molecule has 202 valence electrons. The number of carbonyl (C=O) groups excluding carboxylic acids is 2. The summed E-state index contributed by atoms with van der Waals surface area (Å²) >= 11 is 30.5. The number of hydrogen-bond donors (Lipinski definition) is 2. The van der Waals surface area contributed by atoms with Crippen molar-refractivity contribution < 1.29 is 35.9 Å². The molecule has 0 heterocycles. The van der Waals surface area contributed by atoms with Crippen LogP contribution in [0.5, 0.6) is 0 Å². The molecule has 3 unspecified atom stereocenters. The van der Waals surface area contributed by atoms with Crippen molar-refractivity contribution in [2.45, 2.75) is 29.3 Å². The van der Waals surface area contributed by atoms with Gasteiger partial charge >= 0.3 is 12.1 Å². The van der Waals surface area contributed by atoms with Gasteiger partial charge in [0.2, 0.25) is 11.8 Å². The van der Waals surface area contributed by atoms with Gasteiger partial charge in [0.15, 0.2) is 0 Å². The molecule has 3 atom stereocenters. The summed E-state index contributed by atoms with van der Waals surface area (Å²) in [6, 6.07) is 7.89. The average molecular weight is 631 g/mol. The predicted molar refractivity (Wildman–Crippen MR) is 131 cm³/mol. The van der Waals surface area contributed by atoms with Crippen LogP contribution in [0.1, 0.15) is 18.4 Å². The minimum Gasteiger partial charge on any atom is -0.326 e. The maximum atomic E-state index is 13.9. The van der Waals surface area contributed by atoms with Crippen LogP contribution in [-0.2, 0) is 9.59 Å². The van der Waals surface area contributed by atoms with Crippen LogP contribution in [0.3, 0.4) is 0 Å². The van der Waals surface area contributed by atoms with E-state index in [1.807, 2.05) is 0 Å². The summed E-state index contributed by atoms with van der Waals surface area (Å²) in [5.41, 5.74) is -3.82. The Balaban J connectivity index is 1.81. The lowest BCUT2D eigenvalue weighted by Gasteiger charge is -2.34. The lowest BCUT2D eigenvalue weighted by atomic mass is 9.83. The number of hydrogen-bond acceptors (Lipinski definition) is 2. The lowest BCUT2D eigenvalue weighted by molar-refractivity contribution is -0.318. The first-order valence-corrected chi connectivity index (χ1v) is 12.0. The Morgan fingerprint density at radius 2 is 1.51 bits per heavy atom. The van der Waals surface area contributed by atoms with E-state index in [4.69, 9.17) is 58.0 Å². The molecule has 37 heavy (non-hydrogen) atoms. The summed E-state index contributed by atoms with van der Waals surface area (Å²) in [4.78, 5) is 25.2. The third kappa shape index (κ3) is 5.59. The van der Waals surface area contributed by atoms with Gasteiger partial charge in [0, 0.05) is 21.7 Å². The van der Waals surface area contributed by atoms with Gasteiger partial charge in [-0.15, -0.1) is 23.2 Å². The van der Waals surface area contributed by atoms with Crippen LogP contribution in [-0.4, -0.2) is 34.9 Å². The van der Waals surface area contributed by atoms with E-state index in [0.29, 0.717) is 5.56 Å². The summed E-state index contributed by atoms with van der Waals surface area (Å²) in [6.07, 6.45) is -6.20. The molecule has 0 bridgehead atoms. The van der Waals surface area contributed by atoms with Crippen LogP contribution in [0.2, 0.25) is 15.1 Å². The minimum atomic E-state index is -6.20. The van der Waals surface area contributed by atoms with Crippen LogP contribution in [0, 0.1) is 11.3 Å². The molecule has 1 saturated carbocycles. The Hall–Kier alpha value is -1.59. The SMILES string of the molecule is CC(CF)(C(=O)Nc1cc(NC(=O)C2C(c3cc(Cl)cc(Cl)c3)C2(Cl)Cl)ccc1Cl)C(F)(F)C(F)(F)F. The van der Waals surface area contributed by atoms with E-state index < -0.39 is 57.9 Å². The summed E-state index contributed by atoms with van der Waals surface area (Å²) in [7, 11) is 0. The Kier molecular flexibility index (Phi) is 8.25. The molecule has 0 aliphatic heterocycles. The quantitative estimate of drug-likeness (QED) is 0.239. The van der Waals surface area contributed by atoms with Crippen molar-refractivity contribution in [1.29, 1.82) is 0 Å². The largest absolute Gasteiger partial charge is 0.454 e. The van der Waals surface area contributed by atoms with E-state index in [1.165, 1.54) is 24.3 Å². The highest BCUT2D eigenvalue weighted by molar-refractivity contribution is 6.53. The first-order chi connectivity index (χ1) is 16.9. The monoisotopic (exact) mass is 628 g/mol. The molecule has 0 radical (unpaired) electrons. The van der Waals surface area contributed by atoms with E-state index >= 15 is 0 Å². The number of rotatable bonds is 7. The van der Waals surface area contributed by atoms with Gasteiger partial charge in [-0.1, -0.05) is 34.8 Å². The van der Waals surface area contributed by atoms with E-state index in [9.17, 15) is 35.9 Å². The molecule has 1 fully saturated rings. The fourth-order valence-corrected chi connectivity index (χ4v) is 5.14. The number of alkyl halides is 8.